The molecule has 1 atom stereocenters. The van der Waals surface area contributed by atoms with Gasteiger partial charge in [-0.05, 0) is 24.3 Å². The van der Waals surface area contributed by atoms with Gasteiger partial charge in [0.05, 0.1) is 12.8 Å². The Bertz CT molecular complexity index is 517. The van der Waals surface area contributed by atoms with Crippen LogP contribution in [0.2, 0.25) is 0 Å². The topological polar surface area (TPSA) is 84.8 Å². The van der Waals surface area contributed by atoms with E-state index in [1.807, 2.05) is 0 Å². The lowest BCUT2D eigenvalue weighted by Gasteiger charge is -2.08. The number of hydrogen-bond acceptors (Lipinski definition) is 5. The highest BCUT2D eigenvalue weighted by Gasteiger charge is 2.15. The Hall–Kier alpha value is -2.05. The van der Waals surface area contributed by atoms with Crippen LogP contribution in [0.4, 0.5) is 0 Å². The van der Waals surface area contributed by atoms with Gasteiger partial charge in [-0.3, -0.25) is 4.79 Å². The van der Waals surface area contributed by atoms with Crippen molar-refractivity contribution in [1.29, 1.82) is 0 Å². The van der Waals surface area contributed by atoms with Crippen LogP contribution in [0.15, 0.2) is 39.4 Å². The van der Waals surface area contributed by atoms with Gasteiger partial charge in [-0.25, -0.2) is 0 Å². The predicted octanol–water partition coefficient (Wildman–Crippen LogP) is 1.48. The fourth-order valence-corrected chi connectivity index (χ4v) is 1.58. The summed E-state index contributed by atoms with van der Waals surface area (Å²) in [5.41, 5.74) is 0. The van der Waals surface area contributed by atoms with E-state index in [-0.39, 0.29) is 12.3 Å². The van der Waals surface area contributed by atoms with Crippen molar-refractivity contribution in [2.75, 3.05) is 13.7 Å². The number of carbonyl (C=O) groups is 1. The smallest absolute Gasteiger partial charge is 0.287 e. The fourth-order valence-electron chi connectivity index (χ4n) is 1.58. The Morgan fingerprint density at radius 3 is 3.00 bits per heavy atom. The van der Waals surface area contributed by atoms with Crippen molar-refractivity contribution < 1.29 is 23.5 Å². The van der Waals surface area contributed by atoms with Crippen molar-refractivity contribution in [1.82, 2.24) is 5.32 Å². The molecule has 6 nitrogen and oxygen atoms in total. The Balaban J connectivity index is 1.86. The van der Waals surface area contributed by atoms with E-state index in [2.05, 4.69) is 5.32 Å². The van der Waals surface area contributed by atoms with Crippen LogP contribution >= 0.6 is 0 Å². The van der Waals surface area contributed by atoms with Gasteiger partial charge in [0.15, 0.2) is 5.76 Å². The fraction of sp³-hybridized carbons (Fsp3) is 0.308. The summed E-state index contributed by atoms with van der Waals surface area (Å²) < 4.78 is 15.2. The largest absolute Gasteiger partial charge is 0.467 e. The third kappa shape index (κ3) is 3.46. The minimum atomic E-state index is -0.882. The van der Waals surface area contributed by atoms with Gasteiger partial charge in [-0.2, -0.15) is 0 Å². The molecule has 2 rings (SSSR count). The first-order valence-electron chi connectivity index (χ1n) is 5.78. The Morgan fingerprint density at radius 2 is 2.32 bits per heavy atom. The van der Waals surface area contributed by atoms with Crippen molar-refractivity contribution in [2.24, 2.45) is 0 Å². The van der Waals surface area contributed by atoms with Gasteiger partial charge in [0, 0.05) is 7.11 Å². The summed E-state index contributed by atoms with van der Waals surface area (Å²) in [6.45, 7) is 0.356. The van der Waals surface area contributed by atoms with Gasteiger partial charge >= 0.3 is 0 Å². The van der Waals surface area contributed by atoms with Crippen LogP contribution < -0.4 is 5.32 Å². The molecule has 2 aromatic rings. The number of hydrogen-bond donors (Lipinski definition) is 2. The standard InChI is InChI=1S/C13H15NO5/c1-17-8-9-4-5-12(19-9)13(16)14-7-10(15)11-3-2-6-18-11/h2-6,10,15H,7-8H2,1H3,(H,14,16). The minimum absolute atomic E-state index is 0.0483. The highest BCUT2D eigenvalue weighted by molar-refractivity contribution is 5.91. The second-order valence-corrected chi connectivity index (χ2v) is 3.94. The van der Waals surface area contributed by atoms with Crippen LogP contribution in [-0.4, -0.2) is 24.7 Å². The molecule has 0 radical (unpaired) electrons. The molecular weight excluding hydrogens is 250 g/mol. The maximum Gasteiger partial charge on any atom is 0.287 e. The Kier molecular flexibility index (Phi) is 4.38. The van der Waals surface area contributed by atoms with E-state index in [1.54, 1.807) is 31.4 Å². The molecule has 0 aliphatic heterocycles. The van der Waals surface area contributed by atoms with Crippen LogP contribution in [0, 0.1) is 0 Å². The number of carbonyl (C=O) groups excluding carboxylic acids is 1. The van der Waals surface area contributed by atoms with Crippen molar-refractivity contribution >= 4 is 5.91 Å². The molecule has 0 saturated heterocycles. The molecule has 0 spiro atoms. The molecule has 0 saturated carbocycles. The monoisotopic (exact) mass is 265 g/mol. The van der Waals surface area contributed by atoms with E-state index in [0.717, 1.165) is 0 Å². The third-order valence-corrected chi connectivity index (χ3v) is 2.50. The van der Waals surface area contributed by atoms with Crippen molar-refractivity contribution in [3.63, 3.8) is 0 Å². The summed E-state index contributed by atoms with van der Waals surface area (Å²) >= 11 is 0. The van der Waals surface area contributed by atoms with Crippen LogP contribution in [0.3, 0.4) is 0 Å². The lowest BCUT2D eigenvalue weighted by atomic mass is 10.2. The number of amides is 1. The average molecular weight is 265 g/mol. The molecular formula is C13H15NO5. The van der Waals surface area contributed by atoms with E-state index in [9.17, 15) is 9.90 Å². The number of rotatable bonds is 6. The zero-order valence-electron chi connectivity index (χ0n) is 10.5. The number of nitrogens with one attached hydrogen (secondary N) is 1. The van der Waals surface area contributed by atoms with Gasteiger partial charge in [0.1, 0.15) is 24.2 Å². The molecule has 0 aromatic carbocycles. The van der Waals surface area contributed by atoms with Gasteiger partial charge < -0.3 is 24.0 Å². The highest BCUT2D eigenvalue weighted by atomic mass is 16.5. The second-order valence-electron chi connectivity index (χ2n) is 3.94. The third-order valence-electron chi connectivity index (χ3n) is 2.50. The molecule has 1 amide bonds. The molecule has 0 bridgehead atoms. The SMILES string of the molecule is COCc1ccc(C(=O)NCC(O)c2ccco2)o1. The minimum Gasteiger partial charge on any atom is -0.467 e. The summed E-state index contributed by atoms with van der Waals surface area (Å²) in [4.78, 5) is 11.7. The summed E-state index contributed by atoms with van der Waals surface area (Å²) in [6, 6.07) is 6.54. The Morgan fingerprint density at radius 1 is 1.47 bits per heavy atom. The average Bonchev–Trinajstić information content (AvgIpc) is 3.06. The number of aliphatic hydroxyl groups excluding tert-OH is 1. The van der Waals surface area contributed by atoms with E-state index in [0.29, 0.717) is 18.1 Å². The van der Waals surface area contributed by atoms with Crippen LogP contribution in [0.1, 0.15) is 28.2 Å². The number of aliphatic hydroxyl groups is 1. The quantitative estimate of drug-likeness (QED) is 0.826. The summed E-state index contributed by atoms with van der Waals surface area (Å²) in [6.07, 6.45) is 0.580. The lowest BCUT2D eigenvalue weighted by molar-refractivity contribution is 0.0866. The summed E-state index contributed by atoms with van der Waals surface area (Å²) in [7, 11) is 1.54. The van der Waals surface area contributed by atoms with Gasteiger partial charge in [0.2, 0.25) is 0 Å². The first-order valence-corrected chi connectivity index (χ1v) is 5.78. The van der Waals surface area contributed by atoms with Crippen LogP contribution in [0.25, 0.3) is 0 Å². The first kappa shape index (κ1) is 13.4. The van der Waals surface area contributed by atoms with E-state index >= 15 is 0 Å². The summed E-state index contributed by atoms with van der Waals surface area (Å²) in [5.74, 6) is 0.755. The second kappa shape index (κ2) is 6.21. The molecule has 2 N–H and O–H groups in total. The lowest BCUT2D eigenvalue weighted by Crippen LogP contribution is -2.27. The molecule has 2 aromatic heterocycles. The van der Waals surface area contributed by atoms with Crippen LogP contribution in [0.5, 0.6) is 0 Å². The zero-order chi connectivity index (χ0) is 13.7. The van der Waals surface area contributed by atoms with E-state index in [4.69, 9.17) is 13.6 Å². The molecule has 0 aliphatic rings. The van der Waals surface area contributed by atoms with E-state index < -0.39 is 12.0 Å². The first-order chi connectivity index (χ1) is 9.20. The predicted molar refractivity (Wildman–Crippen MR) is 65.4 cm³/mol. The highest BCUT2D eigenvalue weighted by Crippen LogP contribution is 2.13. The molecule has 0 aliphatic carbocycles. The van der Waals surface area contributed by atoms with Crippen molar-refractivity contribution in [2.45, 2.75) is 12.7 Å². The van der Waals surface area contributed by atoms with Gasteiger partial charge in [0.25, 0.3) is 5.91 Å². The maximum atomic E-state index is 11.7. The summed E-state index contributed by atoms with van der Waals surface area (Å²) in [5, 5.41) is 12.3. The van der Waals surface area contributed by atoms with Crippen molar-refractivity contribution in [3.8, 4) is 0 Å². The molecule has 1 unspecified atom stereocenters. The molecule has 0 fully saturated rings. The number of ether oxygens (including phenoxy) is 1. The van der Waals surface area contributed by atoms with Crippen LogP contribution in [-0.2, 0) is 11.3 Å². The van der Waals surface area contributed by atoms with E-state index in [1.165, 1.54) is 6.26 Å². The normalized spacial score (nSPS) is 12.3. The number of furan rings is 2. The number of methoxy groups -OCH3 is 1. The molecule has 6 heteroatoms. The van der Waals surface area contributed by atoms with Gasteiger partial charge in [-0.1, -0.05) is 0 Å². The molecule has 2 heterocycles. The molecule has 102 valence electrons. The molecule has 19 heavy (non-hydrogen) atoms. The maximum absolute atomic E-state index is 11.7. The zero-order valence-corrected chi connectivity index (χ0v) is 10.5. The van der Waals surface area contributed by atoms with Crippen molar-refractivity contribution in [3.05, 3.63) is 47.8 Å². The Labute approximate surface area is 110 Å². The van der Waals surface area contributed by atoms with Gasteiger partial charge in [-0.15, -0.1) is 0 Å².